The van der Waals surface area contributed by atoms with Crippen molar-refractivity contribution in [3.05, 3.63) is 64.6 Å². The van der Waals surface area contributed by atoms with Gasteiger partial charge < -0.3 is 21.1 Å². The molecule has 0 aliphatic carbocycles. The van der Waals surface area contributed by atoms with Crippen molar-refractivity contribution in [3.8, 4) is 0 Å². The van der Waals surface area contributed by atoms with Gasteiger partial charge in [-0.1, -0.05) is 41.9 Å². The molecule has 2 aromatic carbocycles. The maximum absolute atomic E-state index is 14.0. The first kappa shape index (κ1) is 23.2. The number of nitrogens with one attached hydrogen (secondary N) is 1. The predicted octanol–water partition coefficient (Wildman–Crippen LogP) is 1.06. The van der Waals surface area contributed by atoms with Crippen molar-refractivity contribution >= 4 is 40.2 Å². The van der Waals surface area contributed by atoms with Crippen LogP contribution in [0.15, 0.2) is 42.5 Å². The molecule has 32 heavy (non-hydrogen) atoms. The van der Waals surface area contributed by atoms with Crippen molar-refractivity contribution in [2.75, 3.05) is 19.7 Å². The smallest absolute Gasteiger partial charge is 0.269 e. The molecule has 9 nitrogen and oxygen atoms in total. The molecular weight excluding hydrogens is 441 g/mol. The summed E-state index contributed by atoms with van der Waals surface area (Å²) >= 11 is 5.73. The molecule has 0 spiro atoms. The highest BCUT2D eigenvalue weighted by Gasteiger charge is 2.21. The summed E-state index contributed by atoms with van der Waals surface area (Å²) in [6.07, 6.45) is 0. The number of amides is 3. The van der Waals surface area contributed by atoms with Gasteiger partial charge in [0, 0.05) is 24.0 Å². The van der Waals surface area contributed by atoms with E-state index in [2.05, 4.69) is 10.4 Å². The minimum atomic E-state index is -0.729. The van der Waals surface area contributed by atoms with Gasteiger partial charge in [-0.3, -0.25) is 19.1 Å². The highest BCUT2D eigenvalue weighted by Crippen LogP contribution is 2.19. The van der Waals surface area contributed by atoms with Crippen LogP contribution >= 0.6 is 11.6 Å². The van der Waals surface area contributed by atoms with Crippen LogP contribution < -0.4 is 11.1 Å². The molecular formula is C21H21ClFN5O4. The van der Waals surface area contributed by atoms with E-state index in [0.29, 0.717) is 10.9 Å². The summed E-state index contributed by atoms with van der Waals surface area (Å²) in [5.41, 5.74) is 6.13. The van der Waals surface area contributed by atoms with Crippen LogP contribution in [-0.2, 0) is 22.7 Å². The van der Waals surface area contributed by atoms with Gasteiger partial charge >= 0.3 is 0 Å². The lowest BCUT2D eigenvalue weighted by Crippen LogP contribution is -2.43. The number of carbonyl (C=O) groups is 3. The number of hydrogen-bond donors (Lipinski definition) is 3. The first-order chi connectivity index (χ1) is 15.3. The van der Waals surface area contributed by atoms with E-state index in [4.69, 9.17) is 17.3 Å². The van der Waals surface area contributed by atoms with Crippen LogP contribution in [0.4, 0.5) is 4.39 Å². The van der Waals surface area contributed by atoms with Crippen molar-refractivity contribution in [3.63, 3.8) is 0 Å². The summed E-state index contributed by atoms with van der Waals surface area (Å²) in [6, 6.07) is 11.2. The second-order valence-corrected chi connectivity index (χ2v) is 7.32. The third-order valence-corrected chi connectivity index (χ3v) is 5.03. The summed E-state index contributed by atoms with van der Waals surface area (Å²) in [5.74, 6) is -2.41. The third-order valence-electron chi connectivity index (χ3n) is 4.74. The molecule has 0 unspecified atom stereocenters. The number of benzene rings is 2. The van der Waals surface area contributed by atoms with Crippen molar-refractivity contribution in [1.82, 2.24) is 20.0 Å². The Labute approximate surface area is 187 Å². The molecule has 1 heterocycles. The predicted molar refractivity (Wildman–Crippen MR) is 115 cm³/mol. The summed E-state index contributed by atoms with van der Waals surface area (Å²) < 4.78 is 15.3. The molecule has 1 aromatic heterocycles. The average Bonchev–Trinajstić information content (AvgIpc) is 3.13. The molecule has 168 valence electrons. The maximum Gasteiger partial charge on any atom is 0.269 e. The Morgan fingerprint density at radius 3 is 2.66 bits per heavy atom. The number of fused-ring (bicyclic) bond motifs is 1. The highest BCUT2D eigenvalue weighted by molar-refractivity contribution is 6.30. The van der Waals surface area contributed by atoms with Crippen LogP contribution in [0, 0.1) is 5.82 Å². The van der Waals surface area contributed by atoms with Crippen LogP contribution in [0.2, 0.25) is 5.02 Å². The first-order valence-corrected chi connectivity index (χ1v) is 10.0. The van der Waals surface area contributed by atoms with Crippen molar-refractivity contribution in [2.24, 2.45) is 5.73 Å². The minimum Gasteiger partial charge on any atom is -0.395 e. The highest BCUT2D eigenvalue weighted by atomic mass is 35.5. The molecule has 0 aliphatic rings. The number of aromatic nitrogens is 2. The zero-order chi connectivity index (χ0) is 23.3. The number of carbonyl (C=O) groups excluding carboxylic acids is 3. The van der Waals surface area contributed by atoms with Gasteiger partial charge in [0.2, 0.25) is 11.8 Å². The lowest BCUT2D eigenvalue weighted by atomic mass is 10.2. The lowest BCUT2D eigenvalue weighted by molar-refractivity contribution is -0.137. The zero-order valence-corrected chi connectivity index (χ0v) is 17.7. The number of aliphatic hydroxyl groups excluding tert-OH is 1. The molecule has 0 bridgehead atoms. The number of halogens is 2. The SMILES string of the molecule is NC(=O)c1nn(CC(=O)N(CCO)CC(=O)NCc2cccc(Cl)c2F)c2ccccc12. The number of primary amides is 1. The monoisotopic (exact) mass is 461 g/mol. The van der Waals surface area contributed by atoms with E-state index in [1.807, 2.05) is 0 Å². The minimum absolute atomic E-state index is 0.0309. The molecule has 3 amide bonds. The number of nitrogens with two attached hydrogens (primary N) is 1. The molecule has 0 saturated heterocycles. The van der Waals surface area contributed by atoms with Gasteiger partial charge in [0.25, 0.3) is 5.91 Å². The fraction of sp³-hybridized carbons (Fsp3) is 0.238. The molecule has 3 aromatic rings. The first-order valence-electron chi connectivity index (χ1n) is 9.65. The maximum atomic E-state index is 14.0. The number of hydrogen-bond acceptors (Lipinski definition) is 5. The quantitative estimate of drug-likeness (QED) is 0.438. The Balaban J connectivity index is 1.69. The molecule has 0 radical (unpaired) electrons. The van der Waals surface area contributed by atoms with Crippen LogP contribution in [0.5, 0.6) is 0 Å². The van der Waals surface area contributed by atoms with Gasteiger partial charge in [-0.25, -0.2) is 4.39 Å². The summed E-state index contributed by atoms with van der Waals surface area (Å²) in [4.78, 5) is 38.0. The van der Waals surface area contributed by atoms with E-state index in [9.17, 15) is 23.9 Å². The second-order valence-electron chi connectivity index (χ2n) is 6.92. The van der Waals surface area contributed by atoms with Gasteiger partial charge in [-0.2, -0.15) is 5.10 Å². The molecule has 3 rings (SSSR count). The van der Waals surface area contributed by atoms with Crippen molar-refractivity contribution in [1.29, 1.82) is 0 Å². The van der Waals surface area contributed by atoms with Crippen LogP contribution in [0.25, 0.3) is 10.9 Å². The van der Waals surface area contributed by atoms with Gasteiger partial charge in [-0.15, -0.1) is 0 Å². The Hall–Kier alpha value is -3.50. The molecule has 0 aliphatic heterocycles. The summed E-state index contributed by atoms with van der Waals surface area (Å²) in [5, 5.41) is 16.4. The Morgan fingerprint density at radius 2 is 1.94 bits per heavy atom. The average molecular weight is 462 g/mol. The van der Waals surface area contributed by atoms with Crippen LogP contribution in [-0.4, -0.2) is 57.2 Å². The molecule has 11 heteroatoms. The zero-order valence-electron chi connectivity index (χ0n) is 16.9. The number of aliphatic hydroxyl groups is 1. The van der Waals surface area contributed by atoms with Gasteiger partial charge in [-0.05, 0) is 12.1 Å². The number of para-hydroxylation sites is 1. The van der Waals surface area contributed by atoms with E-state index >= 15 is 0 Å². The molecule has 4 N–H and O–H groups in total. The van der Waals surface area contributed by atoms with Crippen LogP contribution in [0.3, 0.4) is 0 Å². The summed E-state index contributed by atoms with van der Waals surface area (Å²) in [6.45, 7) is -1.21. The fourth-order valence-electron chi connectivity index (χ4n) is 3.18. The second kappa shape index (κ2) is 10.2. The standard InChI is InChI=1S/C21H21ClFN5O4/c22-15-6-3-4-13(19(15)23)10-25-17(30)11-27(8-9-29)18(31)12-28-16-7-2-1-5-14(16)20(26-28)21(24)32/h1-7,29H,8-12H2,(H2,24,32)(H,25,30). The number of nitrogens with zero attached hydrogens (tertiary/aromatic N) is 3. The lowest BCUT2D eigenvalue weighted by Gasteiger charge is -2.21. The van der Waals surface area contributed by atoms with E-state index in [1.54, 1.807) is 30.3 Å². The van der Waals surface area contributed by atoms with E-state index in [0.717, 1.165) is 4.90 Å². The normalized spacial score (nSPS) is 10.8. The van der Waals surface area contributed by atoms with Crippen LogP contribution in [0.1, 0.15) is 16.1 Å². The summed E-state index contributed by atoms with van der Waals surface area (Å²) in [7, 11) is 0. The van der Waals surface area contributed by atoms with E-state index < -0.39 is 23.5 Å². The van der Waals surface area contributed by atoms with Crippen molar-refractivity contribution in [2.45, 2.75) is 13.1 Å². The number of rotatable bonds is 9. The molecule has 0 fully saturated rings. The fourth-order valence-corrected chi connectivity index (χ4v) is 3.37. The largest absolute Gasteiger partial charge is 0.395 e. The van der Waals surface area contributed by atoms with Gasteiger partial charge in [0.1, 0.15) is 12.4 Å². The Morgan fingerprint density at radius 1 is 1.19 bits per heavy atom. The Kier molecular flexibility index (Phi) is 7.39. The topological polar surface area (TPSA) is 131 Å². The Bertz CT molecular complexity index is 1170. The van der Waals surface area contributed by atoms with Crippen molar-refractivity contribution < 1.29 is 23.9 Å². The van der Waals surface area contributed by atoms with E-state index in [1.165, 1.54) is 16.8 Å². The molecule has 0 atom stereocenters. The van der Waals surface area contributed by atoms with Gasteiger partial charge in [0.05, 0.1) is 23.7 Å². The molecule has 0 saturated carbocycles. The van der Waals surface area contributed by atoms with E-state index in [-0.39, 0.29) is 49.1 Å². The third kappa shape index (κ3) is 5.21. The van der Waals surface area contributed by atoms with Gasteiger partial charge in [0.15, 0.2) is 5.69 Å².